The van der Waals surface area contributed by atoms with Gasteiger partial charge in [0.2, 0.25) is 15.9 Å². The van der Waals surface area contributed by atoms with E-state index in [0.717, 1.165) is 10.4 Å². The number of nitrogens with one attached hydrogen (secondary N) is 1. The minimum absolute atomic E-state index is 0.138. The van der Waals surface area contributed by atoms with E-state index in [-0.39, 0.29) is 11.8 Å². The highest BCUT2D eigenvalue weighted by Gasteiger charge is 2.41. The summed E-state index contributed by atoms with van der Waals surface area (Å²) < 4.78 is 40.1. The number of hydrogen-bond donors (Lipinski definition) is 1. The summed E-state index contributed by atoms with van der Waals surface area (Å²) in [6, 6.07) is 4.38. The minimum atomic E-state index is -4.04. The molecule has 1 atom stereocenters. The number of carbonyl (C=O) groups excluding carboxylic acids is 1. The van der Waals surface area contributed by atoms with Gasteiger partial charge in [-0.25, -0.2) is 12.8 Å². The smallest absolute Gasteiger partial charge is 0.247 e. The maximum absolute atomic E-state index is 13.8. The Morgan fingerprint density at radius 1 is 1.36 bits per heavy atom. The lowest BCUT2D eigenvalue weighted by atomic mass is 10.1. The van der Waals surface area contributed by atoms with Crippen LogP contribution in [0.2, 0.25) is 0 Å². The fraction of sp³-hybridized carbons (Fsp3) is 0.500. The van der Waals surface area contributed by atoms with E-state index in [9.17, 15) is 17.6 Å². The largest absolute Gasteiger partial charge is 0.350 e. The minimum Gasteiger partial charge on any atom is -0.350 e. The molecule has 1 aliphatic heterocycles. The van der Waals surface area contributed by atoms with Crippen molar-refractivity contribution in [1.82, 2.24) is 9.62 Å². The SMILES string of the molecule is CC(C)(C)NC(=O)[C@@H]1CSCN1S(=O)(=O)c1ccccc1F. The first-order chi connectivity index (χ1) is 10.1. The number of sulfonamides is 1. The molecule has 22 heavy (non-hydrogen) atoms. The molecule has 1 fully saturated rings. The van der Waals surface area contributed by atoms with E-state index < -0.39 is 32.3 Å². The van der Waals surface area contributed by atoms with E-state index in [1.165, 1.54) is 30.0 Å². The van der Waals surface area contributed by atoms with Crippen molar-refractivity contribution in [2.75, 3.05) is 11.6 Å². The van der Waals surface area contributed by atoms with E-state index in [2.05, 4.69) is 5.32 Å². The lowest BCUT2D eigenvalue weighted by Crippen LogP contribution is -2.52. The molecule has 0 spiro atoms. The molecule has 2 rings (SSSR count). The molecule has 1 aliphatic rings. The summed E-state index contributed by atoms with van der Waals surface area (Å²) in [7, 11) is -4.04. The van der Waals surface area contributed by atoms with Crippen LogP contribution in [-0.2, 0) is 14.8 Å². The molecule has 1 aromatic carbocycles. The van der Waals surface area contributed by atoms with Crippen molar-refractivity contribution in [1.29, 1.82) is 0 Å². The van der Waals surface area contributed by atoms with Crippen molar-refractivity contribution in [3.63, 3.8) is 0 Å². The van der Waals surface area contributed by atoms with Crippen molar-refractivity contribution in [3.8, 4) is 0 Å². The quantitative estimate of drug-likeness (QED) is 0.906. The third kappa shape index (κ3) is 3.61. The second kappa shape index (κ2) is 6.17. The lowest BCUT2D eigenvalue weighted by Gasteiger charge is -2.27. The van der Waals surface area contributed by atoms with Gasteiger partial charge in [-0.05, 0) is 32.9 Å². The van der Waals surface area contributed by atoms with Gasteiger partial charge in [0.05, 0.1) is 5.88 Å². The Balaban J connectivity index is 2.31. The van der Waals surface area contributed by atoms with E-state index in [4.69, 9.17) is 0 Å². The van der Waals surface area contributed by atoms with Crippen LogP contribution in [0.15, 0.2) is 29.2 Å². The molecule has 1 amide bonds. The van der Waals surface area contributed by atoms with Gasteiger partial charge >= 0.3 is 0 Å². The molecule has 0 saturated carbocycles. The van der Waals surface area contributed by atoms with Crippen LogP contribution >= 0.6 is 11.8 Å². The third-order valence-electron chi connectivity index (χ3n) is 3.07. The number of nitrogens with zero attached hydrogens (tertiary/aromatic N) is 1. The van der Waals surface area contributed by atoms with Gasteiger partial charge in [0.15, 0.2) is 0 Å². The average Bonchev–Trinajstić information content (AvgIpc) is 2.87. The van der Waals surface area contributed by atoms with Gasteiger partial charge in [-0.1, -0.05) is 12.1 Å². The van der Waals surface area contributed by atoms with Gasteiger partial charge < -0.3 is 5.32 Å². The Bertz CT molecular complexity index is 671. The van der Waals surface area contributed by atoms with Crippen LogP contribution in [0, 0.1) is 5.82 Å². The van der Waals surface area contributed by atoms with E-state index in [1.54, 1.807) is 0 Å². The summed E-state index contributed by atoms with van der Waals surface area (Å²) in [5.74, 6) is -0.680. The van der Waals surface area contributed by atoms with Crippen molar-refractivity contribution in [2.45, 2.75) is 37.2 Å². The van der Waals surface area contributed by atoms with Gasteiger partial charge in [-0.15, -0.1) is 11.8 Å². The predicted octanol–water partition coefficient (Wildman–Crippen LogP) is 1.80. The summed E-state index contributed by atoms with van der Waals surface area (Å²) in [5, 5.41) is 2.78. The first-order valence-electron chi connectivity index (χ1n) is 6.79. The first-order valence-corrected chi connectivity index (χ1v) is 9.38. The van der Waals surface area contributed by atoms with Crippen LogP contribution in [0.3, 0.4) is 0 Å². The number of carbonyl (C=O) groups is 1. The van der Waals surface area contributed by atoms with Crippen molar-refractivity contribution >= 4 is 27.7 Å². The summed E-state index contributed by atoms with van der Waals surface area (Å²) >= 11 is 1.34. The van der Waals surface area contributed by atoms with Crippen molar-refractivity contribution in [2.24, 2.45) is 0 Å². The molecule has 0 aromatic heterocycles. The number of rotatable bonds is 3. The molecule has 0 unspecified atom stereocenters. The first kappa shape index (κ1) is 17.2. The van der Waals surface area contributed by atoms with Gasteiger partial charge in [0.25, 0.3) is 0 Å². The van der Waals surface area contributed by atoms with Crippen molar-refractivity contribution < 1.29 is 17.6 Å². The number of amides is 1. The summed E-state index contributed by atoms with van der Waals surface area (Å²) in [6.07, 6.45) is 0. The Labute approximate surface area is 134 Å². The molecular formula is C14H19FN2O3S2. The van der Waals surface area contributed by atoms with Crippen LogP contribution in [0.5, 0.6) is 0 Å². The monoisotopic (exact) mass is 346 g/mol. The van der Waals surface area contributed by atoms with E-state index in [1.807, 2.05) is 20.8 Å². The normalized spacial score (nSPS) is 20.1. The molecule has 0 bridgehead atoms. The van der Waals surface area contributed by atoms with Crippen LogP contribution in [0.4, 0.5) is 4.39 Å². The van der Waals surface area contributed by atoms with Crippen LogP contribution < -0.4 is 5.32 Å². The highest BCUT2D eigenvalue weighted by atomic mass is 32.2. The van der Waals surface area contributed by atoms with Crippen LogP contribution in [0.1, 0.15) is 20.8 Å². The highest BCUT2D eigenvalue weighted by Crippen LogP contribution is 2.29. The third-order valence-corrected chi connectivity index (χ3v) is 6.13. The zero-order chi connectivity index (χ0) is 16.5. The molecule has 1 aromatic rings. The van der Waals surface area contributed by atoms with Gasteiger partial charge in [-0.3, -0.25) is 4.79 Å². The molecule has 1 heterocycles. The van der Waals surface area contributed by atoms with E-state index in [0.29, 0.717) is 5.75 Å². The average molecular weight is 346 g/mol. The number of benzene rings is 1. The second-order valence-electron chi connectivity index (χ2n) is 6.08. The second-order valence-corrected chi connectivity index (χ2v) is 8.94. The molecule has 5 nitrogen and oxygen atoms in total. The Hall–Kier alpha value is -1.12. The zero-order valence-corrected chi connectivity index (χ0v) is 14.3. The van der Waals surface area contributed by atoms with Gasteiger partial charge in [0, 0.05) is 11.3 Å². The zero-order valence-electron chi connectivity index (χ0n) is 12.7. The van der Waals surface area contributed by atoms with Crippen LogP contribution in [0.25, 0.3) is 0 Å². The predicted molar refractivity (Wildman–Crippen MR) is 84.4 cm³/mol. The highest BCUT2D eigenvalue weighted by molar-refractivity contribution is 8.00. The maximum atomic E-state index is 13.8. The molecule has 0 aliphatic carbocycles. The summed E-state index contributed by atoms with van der Waals surface area (Å²) in [6.45, 7) is 5.47. The van der Waals surface area contributed by atoms with E-state index >= 15 is 0 Å². The molecule has 1 saturated heterocycles. The Morgan fingerprint density at radius 2 is 2.00 bits per heavy atom. The Morgan fingerprint density at radius 3 is 2.59 bits per heavy atom. The molecule has 1 N–H and O–H groups in total. The lowest BCUT2D eigenvalue weighted by molar-refractivity contribution is -0.125. The summed E-state index contributed by atoms with van der Waals surface area (Å²) in [5.41, 5.74) is -0.461. The van der Waals surface area contributed by atoms with Gasteiger partial charge in [0.1, 0.15) is 16.8 Å². The molecule has 0 radical (unpaired) electrons. The number of hydrogen-bond acceptors (Lipinski definition) is 4. The number of thioether (sulfide) groups is 1. The standard InChI is InChI=1S/C14H19FN2O3S2/c1-14(2,3)16-13(18)11-8-21-9-17(11)22(19,20)12-7-5-4-6-10(12)15/h4-7,11H,8-9H2,1-3H3,(H,16,18)/t11-/m0/s1. The molecular weight excluding hydrogens is 327 g/mol. The number of halogens is 1. The molecule has 122 valence electrons. The maximum Gasteiger partial charge on any atom is 0.247 e. The van der Waals surface area contributed by atoms with Crippen LogP contribution in [-0.4, -0.2) is 41.8 Å². The molecule has 8 heteroatoms. The van der Waals surface area contributed by atoms with Crippen molar-refractivity contribution in [3.05, 3.63) is 30.1 Å². The Kier molecular flexibility index (Phi) is 4.84. The fourth-order valence-electron chi connectivity index (χ4n) is 2.10. The summed E-state index contributed by atoms with van der Waals surface area (Å²) in [4.78, 5) is 11.9. The van der Waals surface area contributed by atoms with Gasteiger partial charge in [-0.2, -0.15) is 4.31 Å². The topological polar surface area (TPSA) is 66.5 Å². The fourth-order valence-corrected chi connectivity index (χ4v) is 5.32.